The Labute approximate surface area is 201 Å². The van der Waals surface area contributed by atoms with Crippen LogP contribution in [0.1, 0.15) is 5.56 Å². The van der Waals surface area contributed by atoms with Gasteiger partial charge in [-0.15, -0.1) is 20.8 Å². The molecule has 0 aliphatic heterocycles. The van der Waals surface area contributed by atoms with Crippen molar-refractivity contribution < 1.29 is 27.7 Å². The van der Waals surface area contributed by atoms with E-state index in [4.69, 9.17) is 4.74 Å². The third-order valence-corrected chi connectivity index (χ3v) is 6.37. The number of carbonyl (C=O) groups excluding carboxylic acids is 2. The molecule has 182 valence electrons. The molecule has 0 bridgehead atoms. The molecule has 2 aromatic carbocycles. The number of nitrogens with one attached hydrogen (secondary N) is 3. The van der Waals surface area contributed by atoms with Crippen molar-refractivity contribution in [3.63, 3.8) is 0 Å². The van der Waals surface area contributed by atoms with Crippen LogP contribution in [0.5, 0.6) is 0 Å². The Morgan fingerprint density at radius 1 is 1.24 bits per heavy atom. The van der Waals surface area contributed by atoms with E-state index in [9.17, 15) is 22.9 Å². The van der Waals surface area contributed by atoms with E-state index in [1.807, 2.05) is 6.07 Å². The molecule has 3 N–H and O–H groups in total. The van der Waals surface area contributed by atoms with Gasteiger partial charge in [0.1, 0.15) is 17.7 Å². The van der Waals surface area contributed by atoms with E-state index in [1.54, 1.807) is 17.6 Å². The van der Waals surface area contributed by atoms with Gasteiger partial charge in [0.15, 0.2) is 11.5 Å². The molecular weight excluding hydrogens is 488 g/mol. The van der Waals surface area contributed by atoms with Gasteiger partial charge in [0, 0.05) is 32.3 Å². The minimum Gasteiger partial charge on any atom is -0.573 e. The molecule has 2 atom stereocenters. The fourth-order valence-corrected chi connectivity index (χ4v) is 4.35. The number of carbonyl (C=O) groups is 2. The van der Waals surface area contributed by atoms with Crippen molar-refractivity contribution in [3.05, 3.63) is 59.1 Å². The van der Waals surface area contributed by atoms with Crippen LogP contribution < -0.4 is 19.7 Å². The van der Waals surface area contributed by atoms with Gasteiger partial charge in [0.2, 0.25) is 5.91 Å². The largest absolute Gasteiger partial charge is 0.573 e. The molecule has 0 spiro atoms. The molecule has 13 heteroatoms. The second kappa shape index (κ2) is 12.0. The lowest BCUT2D eigenvalue weighted by Gasteiger charge is -2.25. The molecule has 0 saturated carbocycles. The zero-order chi connectivity index (χ0) is 24.7. The van der Waals surface area contributed by atoms with Gasteiger partial charge in [-0.25, -0.2) is 18.6 Å². The van der Waals surface area contributed by atoms with Gasteiger partial charge in [0.25, 0.3) is 0 Å². The number of rotatable bonds is 10. The first-order valence-electron chi connectivity index (χ1n) is 10.0. The number of likely N-dealkylation sites (N-methyl/N-ethyl adjacent to an activating group) is 1. The Bertz CT molecular complexity index is 1130. The van der Waals surface area contributed by atoms with Crippen LogP contribution in [-0.2, 0) is 27.5 Å². The zero-order valence-electron chi connectivity index (χ0n) is 18.3. The summed E-state index contributed by atoms with van der Waals surface area (Å²) in [5.41, 5.74) is 3.07. The summed E-state index contributed by atoms with van der Waals surface area (Å²) in [6.07, 6.45) is -0.200. The van der Waals surface area contributed by atoms with Crippen molar-refractivity contribution in [1.82, 2.24) is 19.7 Å². The number of urea groups is 1. The van der Waals surface area contributed by atoms with E-state index >= 15 is 0 Å². The Balaban J connectivity index is 1.77. The minimum atomic E-state index is -1.94. The van der Waals surface area contributed by atoms with Crippen molar-refractivity contribution in [2.75, 3.05) is 32.2 Å². The molecule has 0 fully saturated rings. The number of nitrogens with zero attached hydrogens (tertiary/aromatic N) is 2. The first-order valence-corrected chi connectivity index (χ1v) is 12.1. The number of benzene rings is 2. The van der Waals surface area contributed by atoms with E-state index in [-0.39, 0.29) is 25.1 Å². The summed E-state index contributed by atoms with van der Waals surface area (Å²) in [6.45, 7) is 0.492. The van der Waals surface area contributed by atoms with E-state index in [1.165, 1.54) is 30.4 Å². The van der Waals surface area contributed by atoms with Crippen LogP contribution in [0, 0.1) is 11.6 Å². The zero-order valence-corrected chi connectivity index (χ0v) is 20.0. The Morgan fingerprint density at radius 3 is 2.68 bits per heavy atom. The number of anilines is 1. The van der Waals surface area contributed by atoms with Gasteiger partial charge in [-0.3, -0.25) is 4.79 Å². The average Bonchev–Trinajstić information content (AvgIpc) is 3.25. The monoisotopic (exact) mass is 511 g/mol. The third-order valence-electron chi connectivity index (χ3n) is 4.72. The predicted octanol–water partition coefficient (Wildman–Crippen LogP) is 2.26. The maximum absolute atomic E-state index is 13.7. The van der Waals surface area contributed by atoms with E-state index in [2.05, 4.69) is 19.7 Å². The Hall–Kier alpha value is -2.84. The number of amides is 3. The highest BCUT2D eigenvalue weighted by molar-refractivity contribution is 7.88. The van der Waals surface area contributed by atoms with Crippen molar-refractivity contribution in [3.8, 4) is 0 Å². The number of hydrogen-bond donors (Lipinski definition) is 3. The van der Waals surface area contributed by atoms with Gasteiger partial charge in [-0.05, 0) is 35.9 Å². The summed E-state index contributed by atoms with van der Waals surface area (Å²) in [6, 6.07) is 6.02. The van der Waals surface area contributed by atoms with Crippen LogP contribution in [0.4, 0.5) is 19.3 Å². The standard InChI is InChI=1S/C21H23F2N5O4S2/c1-28(16-3-4-19-17(11-16)24-12-33-19)20(29)18(9-13-7-14(22)10-15(23)8-13)26-21(30)27-34(31)25-5-6-32-2/h3-4,7-8,10-12,18,25H,5-6,9H2,1-2H3,(H2,26,27,30)/t18-,34-/m0/s1. The molecule has 1 aromatic heterocycles. The second-order valence-corrected chi connectivity index (χ2v) is 9.08. The summed E-state index contributed by atoms with van der Waals surface area (Å²) < 4.78 is 49.8. The van der Waals surface area contributed by atoms with Crippen molar-refractivity contribution in [2.24, 2.45) is 0 Å². The highest BCUT2D eigenvalue weighted by Crippen LogP contribution is 2.24. The number of ether oxygens (including phenoxy) is 1. The average molecular weight is 512 g/mol. The van der Waals surface area contributed by atoms with Crippen LogP contribution in [0.25, 0.3) is 10.2 Å². The van der Waals surface area contributed by atoms with Crippen molar-refractivity contribution in [2.45, 2.75) is 12.5 Å². The Morgan fingerprint density at radius 2 is 1.97 bits per heavy atom. The molecule has 0 aliphatic carbocycles. The van der Waals surface area contributed by atoms with Gasteiger partial charge in [-0.2, -0.15) is 0 Å². The van der Waals surface area contributed by atoms with Crippen molar-refractivity contribution in [1.29, 1.82) is 0 Å². The molecule has 0 aliphatic rings. The lowest BCUT2D eigenvalue weighted by molar-refractivity contribution is -0.120. The molecule has 3 rings (SSSR count). The lowest BCUT2D eigenvalue weighted by atomic mass is 10.0. The van der Waals surface area contributed by atoms with E-state index in [0.717, 1.165) is 16.8 Å². The lowest BCUT2D eigenvalue weighted by Crippen LogP contribution is -2.54. The van der Waals surface area contributed by atoms with Crippen LogP contribution in [0.15, 0.2) is 41.9 Å². The molecule has 0 saturated heterocycles. The van der Waals surface area contributed by atoms with Gasteiger partial charge >= 0.3 is 6.03 Å². The maximum Gasteiger partial charge on any atom is 0.358 e. The highest BCUT2D eigenvalue weighted by Gasteiger charge is 2.27. The normalized spacial score (nSPS) is 12.9. The smallest absolute Gasteiger partial charge is 0.358 e. The first-order chi connectivity index (χ1) is 16.3. The second-order valence-electron chi connectivity index (χ2n) is 7.17. The fourth-order valence-electron chi connectivity index (χ4n) is 3.12. The van der Waals surface area contributed by atoms with Gasteiger partial charge < -0.3 is 19.5 Å². The molecule has 34 heavy (non-hydrogen) atoms. The van der Waals surface area contributed by atoms with Crippen LogP contribution in [0.3, 0.4) is 0 Å². The molecule has 3 amide bonds. The fraction of sp³-hybridized carbons (Fsp3) is 0.286. The number of methoxy groups -OCH3 is 1. The molecule has 0 unspecified atom stereocenters. The van der Waals surface area contributed by atoms with Crippen LogP contribution in [0.2, 0.25) is 0 Å². The summed E-state index contributed by atoms with van der Waals surface area (Å²) in [7, 11) is 2.98. The van der Waals surface area contributed by atoms with Crippen molar-refractivity contribution >= 4 is 50.7 Å². The summed E-state index contributed by atoms with van der Waals surface area (Å²) in [5, 5.41) is 2.44. The number of aromatic nitrogens is 1. The molecule has 0 radical (unpaired) electrons. The van der Waals surface area contributed by atoms with Gasteiger partial charge in [-0.1, -0.05) is 0 Å². The first kappa shape index (κ1) is 25.8. The highest BCUT2D eigenvalue weighted by atomic mass is 32.2. The number of halogens is 2. The SMILES string of the molecule is COCCN[S@+]([O-])NC(=O)N[C@@H](Cc1cc(F)cc(F)c1)C(=O)N(C)c1ccc2scnc2c1. The van der Waals surface area contributed by atoms with Gasteiger partial charge in [0.05, 0.1) is 28.9 Å². The molecule has 3 aromatic rings. The molecular formula is C21H23F2N5O4S2. The van der Waals surface area contributed by atoms with E-state index < -0.39 is 41.2 Å². The number of thiazole rings is 1. The summed E-state index contributed by atoms with van der Waals surface area (Å²) in [4.78, 5) is 31.3. The number of fused-ring (bicyclic) bond motifs is 1. The van der Waals surface area contributed by atoms with Crippen LogP contribution in [-0.4, -0.2) is 54.8 Å². The summed E-state index contributed by atoms with van der Waals surface area (Å²) in [5.74, 6) is -2.17. The molecule has 1 heterocycles. The topological polar surface area (TPSA) is 119 Å². The maximum atomic E-state index is 13.7. The van der Waals surface area contributed by atoms with E-state index in [0.29, 0.717) is 17.3 Å². The Kier molecular flexibility index (Phi) is 9.12. The summed E-state index contributed by atoms with van der Waals surface area (Å²) >= 11 is -0.483. The predicted molar refractivity (Wildman–Crippen MR) is 127 cm³/mol. The number of hydrogen-bond acceptors (Lipinski definition) is 7. The molecule has 9 nitrogen and oxygen atoms in total. The quantitative estimate of drug-likeness (QED) is 0.284. The van der Waals surface area contributed by atoms with Crippen LogP contribution >= 0.6 is 11.3 Å². The third kappa shape index (κ3) is 7.08. The minimum absolute atomic E-state index is 0.166.